The average molecular weight is 353 g/mol. The molecule has 0 unspecified atom stereocenters. The summed E-state index contributed by atoms with van der Waals surface area (Å²) in [4.78, 5) is 40.1. The van der Waals surface area contributed by atoms with Gasteiger partial charge in [0, 0.05) is 46.7 Å². The zero-order valence-electron chi connectivity index (χ0n) is 15.3. The highest BCUT2D eigenvalue weighted by Crippen LogP contribution is 2.34. The van der Waals surface area contributed by atoms with Crippen molar-refractivity contribution >= 4 is 23.1 Å². The number of carbonyl (C=O) groups is 3. The van der Waals surface area contributed by atoms with E-state index in [1.807, 2.05) is 12.1 Å². The standard InChI is InChI=1S/C21H23NO4/c1-13-14(2)21(26)19(15(3)20(13)25)17(16-8-7-11-22-12-16)9-5-4-6-10-18(23)24/h7-9,11-12H,4-6,10H2,1-3H3,(H,23,24)/b17-9-. The van der Waals surface area contributed by atoms with Crippen molar-refractivity contribution in [1.29, 1.82) is 0 Å². The number of aromatic nitrogens is 1. The molecule has 0 fully saturated rings. The van der Waals surface area contributed by atoms with E-state index in [1.165, 1.54) is 0 Å². The van der Waals surface area contributed by atoms with Crippen LogP contribution >= 0.6 is 0 Å². The van der Waals surface area contributed by atoms with Crippen LogP contribution in [0.3, 0.4) is 0 Å². The van der Waals surface area contributed by atoms with Crippen molar-refractivity contribution in [3.05, 3.63) is 58.5 Å². The SMILES string of the molecule is CC1=C(C)C(=O)C(/C(=C\CCCCC(=O)O)c2cccnc2)=C(C)C1=O. The summed E-state index contributed by atoms with van der Waals surface area (Å²) in [6, 6.07) is 3.64. The van der Waals surface area contributed by atoms with Crippen molar-refractivity contribution in [2.45, 2.75) is 46.5 Å². The molecular weight excluding hydrogens is 330 g/mol. The molecule has 1 N–H and O–H groups in total. The molecule has 5 heteroatoms. The molecule has 1 aromatic heterocycles. The predicted molar refractivity (Wildman–Crippen MR) is 99.4 cm³/mol. The van der Waals surface area contributed by atoms with Crippen LogP contribution in [0.4, 0.5) is 0 Å². The number of Topliss-reactive ketones (excluding diaryl/α,β-unsaturated/α-hetero) is 2. The summed E-state index contributed by atoms with van der Waals surface area (Å²) in [6.45, 7) is 5.03. The molecule has 0 amide bonds. The molecule has 1 aromatic rings. The zero-order valence-corrected chi connectivity index (χ0v) is 15.3. The van der Waals surface area contributed by atoms with Crippen LogP contribution in [0.5, 0.6) is 0 Å². The Morgan fingerprint density at radius 2 is 1.77 bits per heavy atom. The third kappa shape index (κ3) is 4.23. The smallest absolute Gasteiger partial charge is 0.303 e. The second kappa shape index (κ2) is 8.52. The second-order valence-electron chi connectivity index (χ2n) is 6.41. The van der Waals surface area contributed by atoms with E-state index in [1.54, 1.807) is 39.2 Å². The van der Waals surface area contributed by atoms with Gasteiger partial charge in [0.25, 0.3) is 0 Å². The number of hydrogen-bond donors (Lipinski definition) is 1. The minimum absolute atomic E-state index is 0.113. The maximum absolute atomic E-state index is 12.9. The third-order valence-electron chi connectivity index (χ3n) is 4.62. The van der Waals surface area contributed by atoms with Crippen molar-refractivity contribution in [3.63, 3.8) is 0 Å². The molecule has 136 valence electrons. The Balaban J connectivity index is 2.40. The number of unbranched alkanes of at least 4 members (excludes halogenated alkanes) is 2. The average Bonchev–Trinajstić information content (AvgIpc) is 2.63. The first-order valence-electron chi connectivity index (χ1n) is 8.65. The summed E-state index contributed by atoms with van der Waals surface area (Å²) in [5.74, 6) is -1.07. The first-order valence-corrected chi connectivity index (χ1v) is 8.65. The Morgan fingerprint density at radius 3 is 2.38 bits per heavy atom. The van der Waals surface area contributed by atoms with E-state index in [9.17, 15) is 14.4 Å². The fourth-order valence-corrected chi connectivity index (χ4v) is 2.97. The van der Waals surface area contributed by atoms with Crippen LogP contribution in [0.1, 0.15) is 52.0 Å². The molecule has 1 aliphatic rings. The van der Waals surface area contributed by atoms with Crippen molar-refractivity contribution in [2.75, 3.05) is 0 Å². The van der Waals surface area contributed by atoms with E-state index < -0.39 is 5.97 Å². The molecule has 0 radical (unpaired) electrons. The molecule has 0 spiro atoms. The van der Waals surface area contributed by atoms with Gasteiger partial charge >= 0.3 is 5.97 Å². The Morgan fingerprint density at radius 1 is 1.08 bits per heavy atom. The van der Waals surface area contributed by atoms with Crippen molar-refractivity contribution in [2.24, 2.45) is 0 Å². The van der Waals surface area contributed by atoms with Gasteiger partial charge in [0.05, 0.1) is 0 Å². The van der Waals surface area contributed by atoms with E-state index >= 15 is 0 Å². The number of ketones is 2. The van der Waals surface area contributed by atoms with Crippen LogP contribution in [0.2, 0.25) is 0 Å². The normalized spacial score (nSPS) is 15.7. The van der Waals surface area contributed by atoms with Gasteiger partial charge in [-0.2, -0.15) is 0 Å². The third-order valence-corrected chi connectivity index (χ3v) is 4.62. The van der Waals surface area contributed by atoms with Gasteiger partial charge in [0.15, 0.2) is 11.6 Å². The highest BCUT2D eigenvalue weighted by Gasteiger charge is 2.30. The summed E-state index contributed by atoms with van der Waals surface area (Å²) >= 11 is 0. The second-order valence-corrected chi connectivity index (χ2v) is 6.41. The first-order chi connectivity index (χ1) is 12.3. The van der Waals surface area contributed by atoms with Crippen LogP contribution in [-0.4, -0.2) is 27.6 Å². The van der Waals surface area contributed by atoms with E-state index in [0.29, 0.717) is 47.1 Å². The molecule has 1 heterocycles. The Bertz CT molecular complexity index is 829. The largest absolute Gasteiger partial charge is 0.481 e. The minimum Gasteiger partial charge on any atom is -0.481 e. The number of carboxylic acid groups (broad SMARTS) is 1. The number of carbonyl (C=O) groups excluding carboxylic acids is 2. The van der Waals surface area contributed by atoms with Gasteiger partial charge in [-0.05, 0) is 51.7 Å². The number of allylic oxidation sites excluding steroid dienone is 6. The number of nitrogens with zero attached hydrogens (tertiary/aromatic N) is 1. The topological polar surface area (TPSA) is 84.3 Å². The van der Waals surface area contributed by atoms with Crippen molar-refractivity contribution in [1.82, 2.24) is 4.98 Å². The van der Waals surface area contributed by atoms with Gasteiger partial charge < -0.3 is 5.11 Å². The van der Waals surface area contributed by atoms with Gasteiger partial charge in [-0.15, -0.1) is 0 Å². The number of rotatable bonds is 7. The Labute approximate surface area is 153 Å². The van der Waals surface area contributed by atoms with E-state index in [-0.39, 0.29) is 18.0 Å². The lowest BCUT2D eigenvalue weighted by atomic mass is 9.80. The van der Waals surface area contributed by atoms with E-state index in [2.05, 4.69) is 4.98 Å². The molecule has 1 aliphatic carbocycles. The fraction of sp³-hybridized carbons (Fsp3) is 0.333. The molecule has 5 nitrogen and oxygen atoms in total. The van der Waals surface area contributed by atoms with Crippen molar-refractivity contribution in [3.8, 4) is 0 Å². The molecule has 0 aliphatic heterocycles. The molecule has 2 rings (SSSR count). The Hall–Kier alpha value is -2.82. The number of aliphatic carboxylic acids is 1. The highest BCUT2D eigenvalue weighted by molar-refractivity contribution is 6.30. The van der Waals surface area contributed by atoms with Crippen LogP contribution in [0, 0.1) is 0 Å². The lowest BCUT2D eigenvalue weighted by Crippen LogP contribution is -2.21. The van der Waals surface area contributed by atoms with E-state index in [0.717, 1.165) is 5.56 Å². The van der Waals surface area contributed by atoms with Crippen molar-refractivity contribution < 1.29 is 19.5 Å². The Kier molecular flexibility index (Phi) is 6.39. The first kappa shape index (κ1) is 19.5. The number of carboxylic acids is 1. The lowest BCUT2D eigenvalue weighted by Gasteiger charge is -2.21. The molecule has 0 saturated carbocycles. The van der Waals surface area contributed by atoms with Crippen LogP contribution in [-0.2, 0) is 14.4 Å². The zero-order chi connectivity index (χ0) is 19.3. The lowest BCUT2D eigenvalue weighted by molar-refractivity contribution is -0.137. The summed E-state index contributed by atoms with van der Waals surface area (Å²) in [5.41, 5.74) is 3.28. The number of hydrogen-bond acceptors (Lipinski definition) is 4. The molecule has 26 heavy (non-hydrogen) atoms. The predicted octanol–water partition coefficient (Wildman–Crippen LogP) is 3.91. The van der Waals surface area contributed by atoms with Gasteiger partial charge in [0.1, 0.15) is 0 Å². The van der Waals surface area contributed by atoms with Gasteiger partial charge in [-0.25, -0.2) is 0 Å². The van der Waals surface area contributed by atoms with Gasteiger partial charge in [-0.1, -0.05) is 12.1 Å². The van der Waals surface area contributed by atoms with Gasteiger partial charge in [0.2, 0.25) is 0 Å². The molecular formula is C21H23NO4. The van der Waals surface area contributed by atoms with Crippen LogP contribution in [0.15, 0.2) is 52.9 Å². The van der Waals surface area contributed by atoms with Crippen LogP contribution < -0.4 is 0 Å². The molecule has 0 bridgehead atoms. The summed E-state index contributed by atoms with van der Waals surface area (Å²) in [6.07, 6.45) is 7.23. The minimum atomic E-state index is -0.815. The van der Waals surface area contributed by atoms with Gasteiger partial charge in [-0.3, -0.25) is 19.4 Å². The van der Waals surface area contributed by atoms with E-state index in [4.69, 9.17) is 5.11 Å². The maximum atomic E-state index is 12.9. The monoisotopic (exact) mass is 353 g/mol. The maximum Gasteiger partial charge on any atom is 0.303 e. The summed E-state index contributed by atoms with van der Waals surface area (Å²) < 4.78 is 0. The molecule has 0 atom stereocenters. The molecule has 0 saturated heterocycles. The quantitative estimate of drug-likeness (QED) is 0.593. The highest BCUT2D eigenvalue weighted by atomic mass is 16.4. The fourth-order valence-electron chi connectivity index (χ4n) is 2.97. The van der Waals surface area contributed by atoms with Crippen LogP contribution in [0.25, 0.3) is 5.57 Å². The summed E-state index contributed by atoms with van der Waals surface area (Å²) in [5, 5.41) is 8.74. The number of pyridine rings is 1. The molecule has 0 aromatic carbocycles. The summed E-state index contributed by atoms with van der Waals surface area (Å²) in [7, 11) is 0.